The van der Waals surface area contributed by atoms with E-state index in [0.29, 0.717) is 5.69 Å². The lowest BCUT2D eigenvalue weighted by Gasteiger charge is -2.14. The largest absolute Gasteiger partial charge is 0.361 e. The minimum absolute atomic E-state index is 0.0115. The zero-order valence-electron chi connectivity index (χ0n) is 13.6. The fraction of sp³-hybridized carbons (Fsp3) is 0.111. The Morgan fingerprint density at radius 3 is 2.73 bits per heavy atom. The van der Waals surface area contributed by atoms with Gasteiger partial charge in [0.05, 0.1) is 5.56 Å². The summed E-state index contributed by atoms with van der Waals surface area (Å²) in [6.45, 7) is -0.202. The molecule has 0 unspecified atom stereocenters. The van der Waals surface area contributed by atoms with Crippen molar-refractivity contribution in [1.29, 1.82) is 0 Å². The van der Waals surface area contributed by atoms with E-state index in [-0.39, 0.29) is 29.3 Å². The number of aromatic amines is 1. The van der Waals surface area contributed by atoms with Gasteiger partial charge < -0.3 is 10.3 Å². The molecule has 0 aliphatic carbocycles. The molecular weight excluding hydrogens is 354 g/mol. The Bertz CT molecular complexity index is 1130. The molecule has 2 aromatic carbocycles. The molecule has 0 spiro atoms. The monoisotopic (exact) mass is 369 g/mol. The minimum Gasteiger partial charge on any atom is -0.361 e. The number of aromatic nitrogens is 1. The lowest BCUT2D eigenvalue weighted by atomic mass is 10.2. The second-order valence-electron chi connectivity index (χ2n) is 5.96. The minimum atomic E-state index is -3.89. The highest BCUT2D eigenvalue weighted by atomic mass is 32.2. The zero-order chi connectivity index (χ0) is 18.3. The van der Waals surface area contributed by atoms with Gasteiger partial charge in [0.1, 0.15) is 4.90 Å². The summed E-state index contributed by atoms with van der Waals surface area (Å²) in [6.07, 6.45) is 1.68. The van der Waals surface area contributed by atoms with Crippen molar-refractivity contribution in [3.8, 4) is 0 Å². The van der Waals surface area contributed by atoms with Crippen molar-refractivity contribution in [2.24, 2.45) is 0 Å². The van der Waals surface area contributed by atoms with E-state index in [4.69, 9.17) is 0 Å². The van der Waals surface area contributed by atoms with E-state index in [1.165, 1.54) is 12.1 Å². The molecule has 1 aromatic heterocycles. The van der Waals surface area contributed by atoms with Crippen LogP contribution in [0.1, 0.15) is 16.8 Å². The van der Waals surface area contributed by atoms with Gasteiger partial charge >= 0.3 is 0 Å². The number of anilines is 1. The number of sulfonamides is 1. The molecule has 2 N–H and O–H groups in total. The van der Waals surface area contributed by atoms with Crippen LogP contribution in [0, 0.1) is 0 Å². The number of fused-ring (bicyclic) bond motifs is 2. The molecule has 0 radical (unpaired) electrons. The third-order valence-electron chi connectivity index (χ3n) is 4.29. The third-order valence-corrected chi connectivity index (χ3v) is 6.13. The summed E-state index contributed by atoms with van der Waals surface area (Å²) in [5, 5.41) is 3.74. The van der Waals surface area contributed by atoms with E-state index in [2.05, 4.69) is 10.3 Å². The van der Waals surface area contributed by atoms with Crippen LogP contribution < -0.4 is 5.32 Å². The van der Waals surface area contributed by atoms with E-state index in [9.17, 15) is 18.0 Å². The van der Waals surface area contributed by atoms with E-state index in [0.717, 1.165) is 15.2 Å². The summed E-state index contributed by atoms with van der Waals surface area (Å²) in [5.41, 5.74) is 1.63. The highest BCUT2D eigenvalue weighted by Crippen LogP contribution is 2.29. The molecule has 0 bridgehead atoms. The highest BCUT2D eigenvalue weighted by Gasteiger charge is 2.40. The van der Waals surface area contributed by atoms with Crippen LogP contribution in [0.4, 0.5) is 5.69 Å². The van der Waals surface area contributed by atoms with Gasteiger partial charge in [-0.25, -0.2) is 12.7 Å². The summed E-state index contributed by atoms with van der Waals surface area (Å²) in [7, 11) is -3.89. The standard InChI is InChI=1S/C18H15N3O4S/c22-17(20-13-6-5-12-7-9-19-15(12)11-13)8-10-21-18(23)14-3-1-2-4-16(14)26(21,24)25/h1-7,9,11,19H,8,10H2,(H,20,22). The number of H-pyrrole nitrogens is 1. The molecule has 132 valence electrons. The molecule has 1 aliphatic rings. The predicted molar refractivity (Wildman–Crippen MR) is 96.2 cm³/mol. The Morgan fingerprint density at radius 2 is 1.92 bits per heavy atom. The fourth-order valence-corrected chi connectivity index (χ4v) is 4.57. The first kappa shape index (κ1) is 16.3. The van der Waals surface area contributed by atoms with Gasteiger partial charge in [0, 0.05) is 30.4 Å². The number of rotatable bonds is 4. The molecule has 8 heteroatoms. The first-order valence-electron chi connectivity index (χ1n) is 8.00. The number of nitrogens with one attached hydrogen (secondary N) is 2. The SMILES string of the molecule is O=C(CCN1C(=O)c2ccccc2S1(=O)=O)Nc1ccc2cc[nH]c2c1. The number of hydrogen-bond donors (Lipinski definition) is 2. The van der Waals surface area contributed by atoms with E-state index >= 15 is 0 Å². The van der Waals surface area contributed by atoms with Crippen LogP contribution in [0.2, 0.25) is 0 Å². The lowest BCUT2D eigenvalue weighted by molar-refractivity contribution is -0.116. The molecule has 2 amide bonds. The summed E-state index contributed by atoms with van der Waals surface area (Å²) in [4.78, 5) is 27.5. The van der Waals surface area contributed by atoms with Gasteiger partial charge in [0.2, 0.25) is 5.91 Å². The maximum Gasteiger partial charge on any atom is 0.269 e. The Balaban J connectivity index is 1.45. The van der Waals surface area contributed by atoms with E-state index < -0.39 is 15.9 Å². The van der Waals surface area contributed by atoms with Gasteiger partial charge in [-0.1, -0.05) is 18.2 Å². The number of hydrogen-bond acceptors (Lipinski definition) is 4. The molecule has 2 heterocycles. The Morgan fingerprint density at radius 1 is 1.12 bits per heavy atom. The molecule has 26 heavy (non-hydrogen) atoms. The van der Waals surface area contributed by atoms with Crippen LogP contribution in [0.25, 0.3) is 10.9 Å². The van der Waals surface area contributed by atoms with Crippen LogP contribution >= 0.6 is 0 Å². The van der Waals surface area contributed by atoms with Crippen molar-refractivity contribution in [3.05, 3.63) is 60.3 Å². The normalized spacial score (nSPS) is 15.2. The number of benzene rings is 2. The topological polar surface area (TPSA) is 99.3 Å². The van der Waals surface area contributed by atoms with Crippen molar-refractivity contribution in [1.82, 2.24) is 9.29 Å². The molecule has 3 aromatic rings. The first-order valence-corrected chi connectivity index (χ1v) is 9.44. The van der Waals surface area contributed by atoms with Crippen molar-refractivity contribution in [2.45, 2.75) is 11.3 Å². The molecule has 7 nitrogen and oxygen atoms in total. The van der Waals surface area contributed by atoms with Crippen LogP contribution in [0.5, 0.6) is 0 Å². The molecule has 1 aliphatic heterocycles. The third kappa shape index (κ3) is 2.64. The Hall–Kier alpha value is -3.13. The second kappa shape index (κ2) is 5.99. The molecule has 0 saturated heterocycles. The Labute approximate surface area is 149 Å². The van der Waals surface area contributed by atoms with Gasteiger partial charge in [-0.3, -0.25) is 9.59 Å². The van der Waals surface area contributed by atoms with E-state index in [1.807, 2.05) is 12.1 Å². The van der Waals surface area contributed by atoms with E-state index in [1.54, 1.807) is 30.5 Å². The second-order valence-corrected chi connectivity index (χ2v) is 7.79. The maximum absolute atomic E-state index is 12.5. The molecule has 4 rings (SSSR count). The number of amides is 2. The quantitative estimate of drug-likeness (QED) is 0.737. The van der Waals surface area contributed by atoms with Crippen LogP contribution in [0.3, 0.4) is 0 Å². The maximum atomic E-state index is 12.5. The van der Waals surface area contributed by atoms with Crippen LogP contribution in [0.15, 0.2) is 59.6 Å². The predicted octanol–water partition coefficient (Wildman–Crippen LogP) is 2.34. The van der Waals surface area contributed by atoms with Gasteiger partial charge in [0.25, 0.3) is 15.9 Å². The number of nitrogens with zero attached hydrogens (tertiary/aromatic N) is 1. The average Bonchev–Trinajstić information content (AvgIpc) is 3.15. The van der Waals surface area contributed by atoms with Crippen LogP contribution in [-0.2, 0) is 14.8 Å². The van der Waals surface area contributed by atoms with Crippen molar-refractivity contribution < 1.29 is 18.0 Å². The van der Waals surface area contributed by atoms with Crippen LogP contribution in [-0.4, -0.2) is 36.1 Å². The van der Waals surface area contributed by atoms with Crippen molar-refractivity contribution in [3.63, 3.8) is 0 Å². The van der Waals surface area contributed by atoms with Gasteiger partial charge in [-0.2, -0.15) is 0 Å². The summed E-state index contributed by atoms with van der Waals surface area (Å²) >= 11 is 0. The molecule has 0 atom stereocenters. The Kier molecular flexibility index (Phi) is 3.77. The first-order chi connectivity index (χ1) is 12.5. The number of carbonyl (C=O) groups excluding carboxylic acids is 2. The lowest BCUT2D eigenvalue weighted by Crippen LogP contribution is -2.33. The fourth-order valence-electron chi connectivity index (χ4n) is 3.00. The van der Waals surface area contributed by atoms with Crippen molar-refractivity contribution >= 4 is 38.4 Å². The van der Waals surface area contributed by atoms with Gasteiger partial charge in [-0.05, 0) is 35.7 Å². The number of carbonyl (C=O) groups is 2. The molecular formula is C18H15N3O4S. The summed E-state index contributed by atoms with van der Waals surface area (Å²) in [5.74, 6) is -0.962. The van der Waals surface area contributed by atoms with Gasteiger partial charge in [0.15, 0.2) is 0 Å². The van der Waals surface area contributed by atoms with Crippen molar-refractivity contribution in [2.75, 3.05) is 11.9 Å². The average molecular weight is 369 g/mol. The zero-order valence-corrected chi connectivity index (χ0v) is 14.4. The highest BCUT2D eigenvalue weighted by molar-refractivity contribution is 7.90. The smallest absolute Gasteiger partial charge is 0.269 e. The molecule has 0 fully saturated rings. The summed E-state index contributed by atoms with van der Waals surface area (Å²) < 4.78 is 25.7. The van der Waals surface area contributed by atoms with Gasteiger partial charge in [-0.15, -0.1) is 0 Å². The molecule has 0 saturated carbocycles. The summed E-state index contributed by atoms with van der Waals surface area (Å²) in [6, 6.07) is 13.4.